The van der Waals surface area contributed by atoms with E-state index in [2.05, 4.69) is 30.9 Å². The molecule has 30 heavy (non-hydrogen) atoms. The monoisotopic (exact) mass is 476 g/mol. The van der Waals surface area contributed by atoms with Crippen LogP contribution in [-0.2, 0) is 9.59 Å². The second-order valence-electron chi connectivity index (χ2n) is 6.20. The van der Waals surface area contributed by atoms with Gasteiger partial charge in [0.1, 0.15) is 23.3 Å². The summed E-state index contributed by atoms with van der Waals surface area (Å²) in [6.07, 6.45) is 1.26. The van der Waals surface area contributed by atoms with Gasteiger partial charge in [-0.1, -0.05) is 0 Å². The fraction of sp³-hybridized carbons (Fsp3) is 0.105. The fourth-order valence-electron chi connectivity index (χ4n) is 2.75. The number of benzene rings is 1. The van der Waals surface area contributed by atoms with Crippen molar-refractivity contribution in [1.82, 2.24) is 15.0 Å². The third-order valence-electron chi connectivity index (χ3n) is 4.15. The zero-order valence-corrected chi connectivity index (χ0v) is 17.1. The van der Waals surface area contributed by atoms with Crippen LogP contribution in [0.4, 0.5) is 20.5 Å². The number of hydrazine groups is 1. The Morgan fingerprint density at radius 3 is 2.40 bits per heavy atom. The first-order valence-corrected chi connectivity index (χ1v) is 9.28. The van der Waals surface area contributed by atoms with Crippen molar-refractivity contribution >= 4 is 39.4 Å². The SMILES string of the molecule is CC(=O)C(C(=O)N(N)c1nc(N)nc(-c2ccc(F)cc2)c1Br)c1ncccc1F. The topological polar surface area (TPSA) is 128 Å². The third kappa shape index (κ3) is 4.16. The zero-order chi connectivity index (χ0) is 22.0. The van der Waals surface area contributed by atoms with Crippen molar-refractivity contribution in [3.8, 4) is 11.3 Å². The van der Waals surface area contributed by atoms with Crippen molar-refractivity contribution in [2.24, 2.45) is 5.84 Å². The number of halogens is 3. The van der Waals surface area contributed by atoms with Crippen LogP contribution in [0.25, 0.3) is 11.3 Å². The Balaban J connectivity index is 2.06. The molecule has 2 heterocycles. The molecule has 0 spiro atoms. The number of amides is 1. The van der Waals surface area contributed by atoms with Gasteiger partial charge in [0.05, 0.1) is 15.9 Å². The number of carbonyl (C=O) groups excluding carboxylic acids is 2. The maximum Gasteiger partial charge on any atom is 0.259 e. The maximum atomic E-state index is 14.2. The minimum absolute atomic E-state index is 0.158. The van der Waals surface area contributed by atoms with Gasteiger partial charge in [0.2, 0.25) is 5.95 Å². The van der Waals surface area contributed by atoms with E-state index in [9.17, 15) is 18.4 Å². The van der Waals surface area contributed by atoms with Crippen molar-refractivity contribution in [2.75, 3.05) is 10.7 Å². The lowest BCUT2D eigenvalue weighted by Gasteiger charge is -2.22. The Bertz CT molecular complexity index is 1130. The summed E-state index contributed by atoms with van der Waals surface area (Å²) in [5.74, 6) is 1.07. The smallest absolute Gasteiger partial charge is 0.259 e. The molecule has 1 aromatic carbocycles. The second kappa shape index (κ2) is 8.59. The predicted molar refractivity (Wildman–Crippen MR) is 109 cm³/mol. The van der Waals surface area contributed by atoms with Crippen LogP contribution in [0.2, 0.25) is 0 Å². The van der Waals surface area contributed by atoms with Gasteiger partial charge in [-0.15, -0.1) is 0 Å². The zero-order valence-electron chi connectivity index (χ0n) is 15.5. The molecular weight excluding hydrogens is 462 g/mol. The molecular formula is C19H15BrF2N6O2. The van der Waals surface area contributed by atoms with Crippen molar-refractivity contribution in [3.05, 3.63) is 64.4 Å². The summed E-state index contributed by atoms with van der Waals surface area (Å²) >= 11 is 3.27. The third-order valence-corrected chi connectivity index (χ3v) is 4.88. The van der Waals surface area contributed by atoms with Crippen molar-refractivity contribution in [3.63, 3.8) is 0 Å². The largest absolute Gasteiger partial charge is 0.368 e. The number of rotatable bonds is 5. The molecule has 154 valence electrons. The molecule has 0 fully saturated rings. The first-order chi connectivity index (χ1) is 14.2. The Hall–Kier alpha value is -3.31. The van der Waals surface area contributed by atoms with E-state index in [1.165, 1.54) is 36.5 Å². The lowest BCUT2D eigenvalue weighted by Crippen LogP contribution is -2.44. The molecule has 0 saturated heterocycles. The van der Waals surface area contributed by atoms with Crippen LogP contribution in [0.5, 0.6) is 0 Å². The molecule has 1 amide bonds. The number of nitrogens with two attached hydrogens (primary N) is 2. The number of nitrogen functional groups attached to an aromatic ring is 1. The van der Waals surface area contributed by atoms with E-state index in [0.29, 0.717) is 10.6 Å². The van der Waals surface area contributed by atoms with E-state index >= 15 is 0 Å². The van der Waals surface area contributed by atoms with Gasteiger partial charge in [-0.3, -0.25) is 14.6 Å². The molecule has 2 aromatic heterocycles. The average Bonchev–Trinajstić information content (AvgIpc) is 2.71. The summed E-state index contributed by atoms with van der Waals surface area (Å²) in [4.78, 5) is 37.0. The Kier molecular flexibility index (Phi) is 6.13. The number of carbonyl (C=O) groups is 2. The highest BCUT2D eigenvalue weighted by atomic mass is 79.9. The first-order valence-electron chi connectivity index (χ1n) is 8.49. The first kappa shape index (κ1) is 21.4. The van der Waals surface area contributed by atoms with Crippen LogP contribution < -0.4 is 16.6 Å². The molecule has 4 N–H and O–H groups in total. The molecule has 3 rings (SSSR count). The highest BCUT2D eigenvalue weighted by Gasteiger charge is 2.34. The Labute approximate surface area is 178 Å². The highest BCUT2D eigenvalue weighted by molar-refractivity contribution is 9.10. The van der Waals surface area contributed by atoms with E-state index in [0.717, 1.165) is 13.0 Å². The van der Waals surface area contributed by atoms with Gasteiger partial charge in [-0.25, -0.2) is 24.6 Å². The Morgan fingerprint density at radius 2 is 1.80 bits per heavy atom. The summed E-state index contributed by atoms with van der Waals surface area (Å²) in [7, 11) is 0. The molecule has 11 heteroatoms. The molecule has 0 bridgehead atoms. The van der Waals surface area contributed by atoms with Gasteiger partial charge >= 0.3 is 0 Å². The van der Waals surface area contributed by atoms with Crippen LogP contribution in [0, 0.1) is 11.6 Å². The molecule has 0 aliphatic rings. The molecule has 1 unspecified atom stereocenters. The van der Waals surface area contributed by atoms with Crippen LogP contribution in [0.1, 0.15) is 18.5 Å². The number of hydrogen-bond donors (Lipinski definition) is 2. The summed E-state index contributed by atoms with van der Waals surface area (Å²) < 4.78 is 27.6. The van der Waals surface area contributed by atoms with Crippen molar-refractivity contribution in [2.45, 2.75) is 12.8 Å². The van der Waals surface area contributed by atoms with Crippen molar-refractivity contribution < 1.29 is 18.4 Å². The number of nitrogens with zero attached hydrogens (tertiary/aromatic N) is 4. The molecule has 0 saturated carbocycles. The van der Waals surface area contributed by atoms with E-state index < -0.39 is 29.2 Å². The molecule has 8 nitrogen and oxygen atoms in total. The lowest BCUT2D eigenvalue weighted by atomic mass is 9.98. The van der Waals surface area contributed by atoms with Gasteiger partial charge in [-0.05, 0) is 59.3 Å². The molecule has 0 radical (unpaired) electrons. The maximum absolute atomic E-state index is 14.2. The van der Waals surface area contributed by atoms with E-state index in [4.69, 9.17) is 11.6 Å². The summed E-state index contributed by atoms with van der Waals surface area (Å²) in [5.41, 5.74) is 6.11. The van der Waals surface area contributed by atoms with E-state index in [-0.39, 0.29) is 27.6 Å². The van der Waals surface area contributed by atoms with Crippen molar-refractivity contribution in [1.29, 1.82) is 0 Å². The molecule has 1 atom stereocenters. The minimum Gasteiger partial charge on any atom is -0.368 e. The average molecular weight is 477 g/mol. The molecule has 0 aliphatic carbocycles. The van der Waals surface area contributed by atoms with Gasteiger partial charge in [0.15, 0.2) is 5.82 Å². The second-order valence-corrected chi connectivity index (χ2v) is 6.99. The number of anilines is 2. The number of hydrogen-bond acceptors (Lipinski definition) is 7. The normalized spacial score (nSPS) is 11.8. The van der Waals surface area contributed by atoms with Gasteiger partial charge in [0, 0.05) is 11.8 Å². The van der Waals surface area contributed by atoms with Crippen LogP contribution in [0.15, 0.2) is 47.1 Å². The fourth-order valence-corrected chi connectivity index (χ4v) is 3.35. The van der Waals surface area contributed by atoms with Gasteiger partial charge in [-0.2, -0.15) is 4.98 Å². The number of pyridine rings is 1. The van der Waals surface area contributed by atoms with Crippen LogP contribution >= 0.6 is 15.9 Å². The number of aromatic nitrogens is 3. The number of ketones is 1. The van der Waals surface area contributed by atoms with E-state index in [1.54, 1.807) is 0 Å². The molecule has 3 aromatic rings. The number of Topliss-reactive ketones (excluding diaryl/α,β-unsaturated/α-hetero) is 1. The van der Waals surface area contributed by atoms with Crippen LogP contribution in [0.3, 0.4) is 0 Å². The summed E-state index contributed by atoms with van der Waals surface area (Å²) in [6.45, 7) is 1.12. The van der Waals surface area contributed by atoms with Crippen LogP contribution in [-0.4, -0.2) is 26.6 Å². The summed E-state index contributed by atoms with van der Waals surface area (Å²) in [5, 5.41) is 0.579. The Morgan fingerprint density at radius 1 is 1.13 bits per heavy atom. The highest BCUT2D eigenvalue weighted by Crippen LogP contribution is 2.34. The lowest BCUT2D eigenvalue weighted by molar-refractivity contribution is -0.128. The predicted octanol–water partition coefficient (Wildman–Crippen LogP) is 2.74. The molecule has 0 aliphatic heterocycles. The van der Waals surface area contributed by atoms with Gasteiger partial charge in [0.25, 0.3) is 5.91 Å². The minimum atomic E-state index is -1.59. The summed E-state index contributed by atoms with van der Waals surface area (Å²) in [6, 6.07) is 7.77. The van der Waals surface area contributed by atoms with Gasteiger partial charge < -0.3 is 5.73 Å². The quantitative estimate of drug-likeness (QED) is 0.250. The van der Waals surface area contributed by atoms with E-state index in [1.807, 2.05) is 0 Å². The standard InChI is InChI=1S/C19H15BrF2N6O2/c1-9(29)13(16-12(22)3-2-8-25-16)18(30)28(24)17-14(20)15(26-19(23)27-17)10-4-6-11(21)7-5-10/h2-8,13H,24H2,1H3,(H2,23,26,27).